The third kappa shape index (κ3) is 6.01. The van der Waals surface area contributed by atoms with Gasteiger partial charge in [-0.3, -0.25) is 4.79 Å². The van der Waals surface area contributed by atoms with Crippen molar-refractivity contribution in [1.82, 2.24) is 20.2 Å². The molecule has 1 aliphatic heterocycles. The van der Waals surface area contributed by atoms with Gasteiger partial charge in [0.1, 0.15) is 5.82 Å². The lowest BCUT2D eigenvalue weighted by Gasteiger charge is -2.35. The summed E-state index contributed by atoms with van der Waals surface area (Å²) in [6.45, 7) is 14.1. The van der Waals surface area contributed by atoms with Gasteiger partial charge in [0.15, 0.2) is 5.16 Å². The number of piperazine rings is 1. The van der Waals surface area contributed by atoms with Crippen molar-refractivity contribution in [1.29, 1.82) is 0 Å². The van der Waals surface area contributed by atoms with Gasteiger partial charge < -0.3 is 15.1 Å². The Kier molecular flexibility index (Phi) is 7.05. The Morgan fingerprint density at radius 3 is 2.53 bits per heavy atom. The fraction of sp³-hybridized carbons (Fsp3) is 0.560. The topological polar surface area (TPSA) is 61.4 Å². The van der Waals surface area contributed by atoms with E-state index in [0.717, 1.165) is 79.1 Å². The fourth-order valence-corrected chi connectivity index (χ4v) is 4.56. The van der Waals surface area contributed by atoms with Crippen molar-refractivity contribution in [3.8, 4) is 0 Å². The minimum atomic E-state index is -0.0426. The molecule has 0 bridgehead atoms. The number of amides is 1. The molecule has 0 atom stereocenters. The van der Waals surface area contributed by atoms with Gasteiger partial charge in [0, 0.05) is 55.0 Å². The normalized spacial score (nSPS) is 17.4. The van der Waals surface area contributed by atoms with Gasteiger partial charge >= 0.3 is 0 Å². The molecule has 7 heteroatoms. The van der Waals surface area contributed by atoms with Crippen LogP contribution in [0.3, 0.4) is 0 Å². The molecule has 172 valence electrons. The molecule has 2 heterocycles. The second-order valence-electron chi connectivity index (χ2n) is 9.80. The van der Waals surface area contributed by atoms with Gasteiger partial charge in [-0.25, -0.2) is 9.97 Å². The van der Waals surface area contributed by atoms with Gasteiger partial charge in [0.25, 0.3) is 5.91 Å². The summed E-state index contributed by atoms with van der Waals surface area (Å²) in [5, 5.41) is 3.87. The Morgan fingerprint density at radius 2 is 1.88 bits per heavy atom. The van der Waals surface area contributed by atoms with Crippen molar-refractivity contribution in [3.05, 3.63) is 47.2 Å². The molecule has 1 aromatic carbocycles. The largest absolute Gasteiger partial charge is 0.354 e. The second-order valence-corrected chi connectivity index (χ2v) is 10.7. The Labute approximate surface area is 196 Å². The van der Waals surface area contributed by atoms with Crippen LogP contribution in [0.5, 0.6) is 0 Å². The van der Waals surface area contributed by atoms with E-state index >= 15 is 0 Å². The summed E-state index contributed by atoms with van der Waals surface area (Å²) in [6, 6.07) is 10.4. The standard InChI is InChI=1S/C25H35N5OS/c1-5-29-11-13-30(14-12-29)22-16-21(25(2,3)4)27-24(28-22)32-17-18-7-6-8-19(15-18)23(31)26-20-9-10-20/h6-8,15-16,20H,5,9-14,17H2,1-4H3,(H,26,31). The summed E-state index contributed by atoms with van der Waals surface area (Å²) < 4.78 is 0. The van der Waals surface area contributed by atoms with Crippen LogP contribution in [0.1, 0.15) is 62.2 Å². The van der Waals surface area contributed by atoms with Crippen molar-refractivity contribution in [2.24, 2.45) is 0 Å². The molecule has 32 heavy (non-hydrogen) atoms. The van der Waals surface area contributed by atoms with Gasteiger partial charge in [-0.05, 0) is 37.1 Å². The van der Waals surface area contributed by atoms with Crippen molar-refractivity contribution < 1.29 is 4.79 Å². The molecule has 2 aliphatic rings. The zero-order valence-electron chi connectivity index (χ0n) is 19.7. The van der Waals surface area contributed by atoms with Gasteiger partial charge in [-0.2, -0.15) is 0 Å². The number of benzene rings is 1. The Hall–Kier alpha value is -2.12. The average molecular weight is 454 g/mol. The van der Waals surface area contributed by atoms with Crippen LogP contribution in [0.15, 0.2) is 35.5 Å². The maximum Gasteiger partial charge on any atom is 0.251 e. The molecule has 1 amide bonds. The maximum atomic E-state index is 12.4. The SMILES string of the molecule is CCN1CCN(c2cc(C(C)(C)C)nc(SCc3cccc(C(=O)NC4CC4)c3)n2)CC1. The summed E-state index contributed by atoms with van der Waals surface area (Å²) in [5.74, 6) is 1.79. The summed E-state index contributed by atoms with van der Waals surface area (Å²) in [6.07, 6.45) is 2.19. The molecule has 1 N–H and O–H groups in total. The van der Waals surface area contributed by atoms with Gasteiger partial charge in [-0.15, -0.1) is 0 Å². The van der Waals surface area contributed by atoms with E-state index < -0.39 is 0 Å². The summed E-state index contributed by atoms with van der Waals surface area (Å²) in [5.41, 5.74) is 2.87. The maximum absolute atomic E-state index is 12.4. The molecule has 4 rings (SSSR count). The van der Waals surface area contributed by atoms with Crippen molar-refractivity contribution in [2.45, 2.75) is 62.9 Å². The molecule has 0 radical (unpaired) electrons. The lowest BCUT2D eigenvalue weighted by molar-refractivity contribution is 0.0951. The van der Waals surface area contributed by atoms with Crippen LogP contribution in [0.4, 0.5) is 5.82 Å². The number of thioether (sulfide) groups is 1. The van der Waals surface area contributed by atoms with Crippen LogP contribution in [-0.4, -0.2) is 59.5 Å². The van der Waals surface area contributed by atoms with E-state index in [1.165, 1.54) is 0 Å². The number of aromatic nitrogens is 2. The number of rotatable bonds is 7. The highest BCUT2D eigenvalue weighted by molar-refractivity contribution is 7.98. The van der Waals surface area contributed by atoms with E-state index in [0.29, 0.717) is 6.04 Å². The first-order chi connectivity index (χ1) is 15.3. The predicted molar refractivity (Wildman–Crippen MR) is 132 cm³/mol. The highest BCUT2D eigenvalue weighted by Gasteiger charge is 2.24. The van der Waals surface area contributed by atoms with Crippen molar-refractivity contribution >= 4 is 23.5 Å². The molecule has 0 unspecified atom stereocenters. The first-order valence-corrected chi connectivity index (χ1v) is 12.7. The number of hydrogen-bond donors (Lipinski definition) is 1. The fourth-order valence-electron chi connectivity index (χ4n) is 3.76. The summed E-state index contributed by atoms with van der Waals surface area (Å²) in [4.78, 5) is 27.1. The number of carbonyl (C=O) groups excluding carboxylic acids is 1. The van der Waals surface area contributed by atoms with E-state index in [4.69, 9.17) is 9.97 Å². The lowest BCUT2D eigenvalue weighted by Crippen LogP contribution is -2.46. The van der Waals surface area contributed by atoms with E-state index in [1.807, 2.05) is 18.2 Å². The molecule has 1 aliphatic carbocycles. The number of nitrogens with zero attached hydrogens (tertiary/aromatic N) is 4. The Balaban J connectivity index is 1.48. The Morgan fingerprint density at radius 1 is 1.12 bits per heavy atom. The molecule has 1 saturated carbocycles. The predicted octanol–water partition coefficient (Wildman–Crippen LogP) is 4.10. The Bertz CT molecular complexity index is 946. The smallest absolute Gasteiger partial charge is 0.251 e. The molecule has 2 aromatic rings. The van der Waals surface area contributed by atoms with Gasteiger partial charge in [0.05, 0.1) is 5.69 Å². The molecule has 1 aromatic heterocycles. The number of likely N-dealkylation sites (N-methyl/N-ethyl adjacent to an activating group) is 1. The first kappa shape index (κ1) is 23.1. The van der Waals surface area contributed by atoms with Crippen LogP contribution >= 0.6 is 11.8 Å². The van der Waals surface area contributed by atoms with Gasteiger partial charge in [0.2, 0.25) is 0 Å². The van der Waals surface area contributed by atoms with Gasteiger partial charge in [-0.1, -0.05) is 51.6 Å². The van der Waals surface area contributed by atoms with Crippen LogP contribution in [0, 0.1) is 0 Å². The lowest BCUT2D eigenvalue weighted by atomic mass is 9.92. The zero-order chi connectivity index (χ0) is 22.7. The molecule has 0 spiro atoms. The molecule has 2 fully saturated rings. The highest BCUT2D eigenvalue weighted by Crippen LogP contribution is 2.29. The minimum Gasteiger partial charge on any atom is -0.354 e. The van der Waals surface area contributed by atoms with Crippen LogP contribution in [0.25, 0.3) is 0 Å². The summed E-state index contributed by atoms with van der Waals surface area (Å²) >= 11 is 1.64. The van der Waals surface area contributed by atoms with Crippen LogP contribution < -0.4 is 10.2 Å². The quantitative estimate of drug-likeness (QED) is 0.503. The third-order valence-electron chi connectivity index (χ3n) is 6.07. The van der Waals surface area contributed by atoms with Crippen molar-refractivity contribution in [3.63, 3.8) is 0 Å². The van der Waals surface area contributed by atoms with E-state index in [1.54, 1.807) is 11.8 Å². The first-order valence-electron chi connectivity index (χ1n) is 11.7. The monoisotopic (exact) mass is 453 g/mol. The van der Waals surface area contributed by atoms with Crippen molar-refractivity contribution in [2.75, 3.05) is 37.6 Å². The molecular weight excluding hydrogens is 418 g/mol. The van der Waals surface area contributed by atoms with E-state index in [9.17, 15) is 4.79 Å². The number of anilines is 1. The minimum absolute atomic E-state index is 0.0267. The molecular formula is C25H35N5OS. The van der Waals surface area contributed by atoms with E-state index in [-0.39, 0.29) is 11.3 Å². The number of nitrogens with one attached hydrogen (secondary N) is 1. The zero-order valence-corrected chi connectivity index (χ0v) is 20.5. The van der Waals surface area contributed by atoms with Crippen LogP contribution in [-0.2, 0) is 11.2 Å². The second kappa shape index (κ2) is 9.79. The highest BCUT2D eigenvalue weighted by atomic mass is 32.2. The van der Waals surface area contributed by atoms with Crippen LogP contribution in [0.2, 0.25) is 0 Å². The molecule has 6 nitrogen and oxygen atoms in total. The number of carbonyl (C=O) groups is 1. The van der Waals surface area contributed by atoms with E-state index in [2.05, 4.69) is 54.9 Å². The summed E-state index contributed by atoms with van der Waals surface area (Å²) in [7, 11) is 0. The third-order valence-corrected chi connectivity index (χ3v) is 6.99. The molecule has 1 saturated heterocycles. The average Bonchev–Trinajstić information content (AvgIpc) is 3.61. The number of hydrogen-bond acceptors (Lipinski definition) is 6.